The summed E-state index contributed by atoms with van der Waals surface area (Å²) in [5.41, 5.74) is 2.98. The fraction of sp³-hybridized carbons (Fsp3) is 0.250. The molecule has 1 aliphatic heterocycles. The average molecular weight is 371 g/mol. The smallest absolute Gasteiger partial charge is 0.256 e. The zero-order valence-electron chi connectivity index (χ0n) is 13.8. The predicted molar refractivity (Wildman–Crippen MR) is 94.4 cm³/mol. The van der Waals surface area contributed by atoms with Gasteiger partial charge in [0.15, 0.2) is 10.9 Å². The molecule has 26 heavy (non-hydrogen) atoms. The van der Waals surface area contributed by atoms with E-state index in [2.05, 4.69) is 43.1 Å². The van der Waals surface area contributed by atoms with Crippen molar-refractivity contribution in [3.05, 3.63) is 42.1 Å². The second kappa shape index (κ2) is 6.56. The van der Waals surface area contributed by atoms with Crippen molar-refractivity contribution in [1.29, 1.82) is 0 Å². The minimum absolute atomic E-state index is 0.196. The predicted octanol–water partition coefficient (Wildman–Crippen LogP) is 0.653. The Bertz CT molecular complexity index is 1010. The van der Waals surface area contributed by atoms with Crippen LogP contribution < -0.4 is 10.5 Å². The van der Waals surface area contributed by atoms with E-state index in [1.807, 2.05) is 12.1 Å². The molecule has 9 nitrogen and oxygen atoms in total. The van der Waals surface area contributed by atoms with Crippen LogP contribution in [0.15, 0.2) is 41.6 Å². The van der Waals surface area contributed by atoms with Gasteiger partial charge in [0.2, 0.25) is 0 Å². The molecular weight excluding hydrogens is 354 g/mol. The van der Waals surface area contributed by atoms with Crippen molar-refractivity contribution in [3.8, 4) is 22.5 Å². The van der Waals surface area contributed by atoms with Gasteiger partial charge in [-0.25, -0.2) is 23.6 Å². The largest absolute Gasteiger partial charge is 0.316 e. The molecule has 3 aromatic rings. The van der Waals surface area contributed by atoms with Crippen molar-refractivity contribution >= 4 is 10.0 Å². The lowest BCUT2D eigenvalue weighted by molar-refractivity contribution is 0.594. The highest BCUT2D eigenvalue weighted by Gasteiger charge is 2.24. The fourth-order valence-corrected chi connectivity index (χ4v) is 3.97. The van der Waals surface area contributed by atoms with Crippen LogP contribution in [-0.4, -0.2) is 47.1 Å². The summed E-state index contributed by atoms with van der Waals surface area (Å²) in [4.78, 5) is 3.94. The summed E-state index contributed by atoms with van der Waals surface area (Å²) >= 11 is 0. The molecule has 1 atom stereocenters. The number of hydrogen-bond acceptors (Lipinski definition) is 7. The second-order valence-electron chi connectivity index (χ2n) is 6.15. The molecule has 0 spiro atoms. The second-order valence-corrected chi connectivity index (χ2v) is 7.62. The molecule has 1 unspecified atom stereocenters. The van der Waals surface area contributed by atoms with Crippen LogP contribution >= 0.6 is 0 Å². The van der Waals surface area contributed by atoms with Crippen molar-refractivity contribution in [2.45, 2.75) is 17.4 Å². The van der Waals surface area contributed by atoms with Crippen molar-refractivity contribution in [2.75, 3.05) is 13.1 Å². The van der Waals surface area contributed by atoms with Crippen LogP contribution in [-0.2, 0) is 10.0 Å². The lowest BCUT2D eigenvalue weighted by Gasteiger charge is -2.13. The Morgan fingerprint density at radius 2 is 1.96 bits per heavy atom. The fourth-order valence-electron chi connectivity index (χ4n) is 3.27. The first-order valence-corrected chi connectivity index (χ1v) is 9.65. The number of aromatic nitrogens is 5. The molecule has 0 radical (unpaired) electrons. The van der Waals surface area contributed by atoms with E-state index in [4.69, 9.17) is 5.14 Å². The summed E-state index contributed by atoms with van der Waals surface area (Å²) in [6.45, 7) is 2.00. The van der Waals surface area contributed by atoms with Gasteiger partial charge in [-0.2, -0.15) is 0 Å². The highest BCUT2D eigenvalue weighted by Crippen LogP contribution is 2.34. The number of aromatic amines is 1. The third kappa shape index (κ3) is 3.09. The topological polar surface area (TPSA) is 140 Å². The van der Waals surface area contributed by atoms with Crippen molar-refractivity contribution in [3.63, 3.8) is 0 Å². The third-order valence-corrected chi connectivity index (χ3v) is 5.37. The SMILES string of the molecule is NS(=O)(=O)c1nccc(-c2ccc(C3CCNC3)cc2)c1-c1nnn[nH]1. The van der Waals surface area contributed by atoms with Crippen LogP contribution in [0.3, 0.4) is 0 Å². The molecule has 2 aromatic heterocycles. The van der Waals surface area contributed by atoms with E-state index in [0.29, 0.717) is 11.5 Å². The molecule has 0 amide bonds. The molecule has 4 rings (SSSR count). The van der Waals surface area contributed by atoms with E-state index in [1.54, 1.807) is 6.07 Å². The van der Waals surface area contributed by atoms with Gasteiger partial charge in [0.05, 0.1) is 5.56 Å². The number of sulfonamides is 1. The first kappa shape index (κ1) is 16.8. The van der Waals surface area contributed by atoms with Gasteiger partial charge in [-0.15, -0.1) is 5.10 Å². The van der Waals surface area contributed by atoms with E-state index in [9.17, 15) is 8.42 Å². The van der Waals surface area contributed by atoms with Crippen LogP contribution in [0.1, 0.15) is 17.9 Å². The average Bonchev–Trinajstić information content (AvgIpc) is 3.34. The number of nitrogens with one attached hydrogen (secondary N) is 2. The van der Waals surface area contributed by atoms with Crippen LogP contribution in [0.5, 0.6) is 0 Å². The molecule has 1 saturated heterocycles. The molecule has 134 valence electrons. The maximum absolute atomic E-state index is 12.0. The van der Waals surface area contributed by atoms with Crippen LogP contribution in [0.2, 0.25) is 0 Å². The molecule has 1 fully saturated rings. The van der Waals surface area contributed by atoms with Gasteiger partial charge in [-0.05, 0) is 52.1 Å². The Morgan fingerprint density at radius 1 is 1.15 bits per heavy atom. The number of hydrogen-bond donors (Lipinski definition) is 3. The van der Waals surface area contributed by atoms with Gasteiger partial charge in [-0.1, -0.05) is 24.3 Å². The van der Waals surface area contributed by atoms with Gasteiger partial charge in [0.25, 0.3) is 10.0 Å². The monoisotopic (exact) mass is 371 g/mol. The third-order valence-electron chi connectivity index (χ3n) is 4.52. The quantitative estimate of drug-likeness (QED) is 0.612. The Labute approximate surface area is 150 Å². The van der Waals surface area contributed by atoms with Crippen LogP contribution in [0, 0.1) is 0 Å². The van der Waals surface area contributed by atoms with Gasteiger partial charge in [-0.3, -0.25) is 0 Å². The Kier molecular flexibility index (Phi) is 4.23. The first-order chi connectivity index (χ1) is 12.5. The number of benzene rings is 1. The summed E-state index contributed by atoms with van der Waals surface area (Å²) < 4.78 is 24.0. The normalized spacial score (nSPS) is 17.5. The minimum atomic E-state index is -4.05. The molecular formula is C16H17N7O2S. The Morgan fingerprint density at radius 3 is 2.58 bits per heavy atom. The molecule has 4 N–H and O–H groups in total. The van der Waals surface area contributed by atoms with Crippen LogP contribution in [0.25, 0.3) is 22.5 Å². The van der Waals surface area contributed by atoms with E-state index in [1.165, 1.54) is 11.8 Å². The first-order valence-electron chi connectivity index (χ1n) is 8.11. The lowest BCUT2D eigenvalue weighted by Crippen LogP contribution is -2.16. The van der Waals surface area contributed by atoms with Crippen molar-refractivity contribution < 1.29 is 8.42 Å². The van der Waals surface area contributed by atoms with Crippen molar-refractivity contribution in [2.24, 2.45) is 5.14 Å². The summed E-state index contributed by atoms with van der Waals surface area (Å²) in [6.07, 6.45) is 2.52. The lowest BCUT2D eigenvalue weighted by atomic mass is 9.94. The molecule has 1 aliphatic rings. The molecule has 0 saturated carbocycles. The number of nitrogens with two attached hydrogens (primary N) is 1. The van der Waals surface area contributed by atoms with E-state index >= 15 is 0 Å². The standard InChI is InChI=1S/C16H17N7O2S/c17-26(24,25)16-14(15-20-22-23-21-15)13(6-8-19-16)11-3-1-10(2-4-11)12-5-7-18-9-12/h1-4,6,8,12,18H,5,7,9H2,(H2,17,24,25)(H,20,21,22,23). The molecule has 3 heterocycles. The maximum atomic E-state index is 12.0. The Balaban J connectivity index is 1.84. The van der Waals surface area contributed by atoms with Gasteiger partial charge < -0.3 is 5.32 Å². The summed E-state index contributed by atoms with van der Waals surface area (Å²) in [5, 5.41) is 21.9. The van der Waals surface area contributed by atoms with E-state index < -0.39 is 10.0 Å². The summed E-state index contributed by atoms with van der Waals surface area (Å²) in [5.74, 6) is 0.695. The van der Waals surface area contributed by atoms with Crippen LogP contribution in [0.4, 0.5) is 0 Å². The number of pyridine rings is 1. The van der Waals surface area contributed by atoms with Gasteiger partial charge in [0.1, 0.15) is 0 Å². The molecule has 0 aliphatic carbocycles. The van der Waals surface area contributed by atoms with Gasteiger partial charge in [0, 0.05) is 12.7 Å². The Hall–Kier alpha value is -2.69. The molecule has 1 aromatic carbocycles. The summed E-state index contributed by atoms with van der Waals surface area (Å²) in [7, 11) is -4.05. The zero-order valence-corrected chi connectivity index (χ0v) is 14.6. The van der Waals surface area contributed by atoms with E-state index in [0.717, 1.165) is 25.1 Å². The zero-order chi connectivity index (χ0) is 18.1. The van der Waals surface area contributed by atoms with Crippen molar-refractivity contribution in [1.82, 2.24) is 30.9 Å². The van der Waals surface area contributed by atoms with Gasteiger partial charge >= 0.3 is 0 Å². The number of tetrazole rings is 1. The molecule has 10 heteroatoms. The number of primary sulfonamides is 1. The number of H-pyrrole nitrogens is 1. The minimum Gasteiger partial charge on any atom is -0.316 e. The highest BCUT2D eigenvalue weighted by molar-refractivity contribution is 7.89. The highest BCUT2D eigenvalue weighted by atomic mass is 32.2. The number of nitrogens with zero attached hydrogens (tertiary/aromatic N) is 4. The number of rotatable bonds is 4. The molecule has 0 bridgehead atoms. The van der Waals surface area contributed by atoms with E-state index in [-0.39, 0.29) is 16.4 Å². The maximum Gasteiger partial charge on any atom is 0.256 e. The summed E-state index contributed by atoms with van der Waals surface area (Å²) in [6, 6.07) is 9.77.